The van der Waals surface area contributed by atoms with Gasteiger partial charge >= 0.3 is 0 Å². The number of rotatable bonds is 2. The first kappa shape index (κ1) is 13.0. The first-order valence-corrected chi connectivity index (χ1v) is 6.95. The van der Waals surface area contributed by atoms with Crippen molar-refractivity contribution in [3.8, 4) is 5.75 Å². The summed E-state index contributed by atoms with van der Waals surface area (Å²) >= 11 is 0. The monoisotopic (exact) mass is 274 g/mol. The highest BCUT2D eigenvalue weighted by molar-refractivity contribution is 6.23. The molecule has 5 heteroatoms. The number of nitrogens with zero attached hydrogens (tertiary/aromatic N) is 1. The number of methoxy groups -OCH3 is 1. The molecule has 1 heterocycles. The molecule has 2 N–H and O–H groups in total. The third kappa shape index (κ3) is 1.85. The van der Waals surface area contributed by atoms with E-state index in [0.717, 1.165) is 25.7 Å². The van der Waals surface area contributed by atoms with Crippen molar-refractivity contribution in [2.45, 2.75) is 25.7 Å². The lowest BCUT2D eigenvalue weighted by Gasteiger charge is -2.19. The Morgan fingerprint density at radius 3 is 2.25 bits per heavy atom. The minimum Gasteiger partial charge on any atom is -0.497 e. The summed E-state index contributed by atoms with van der Waals surface area (Å²) in [5.74, 6) is 0.103. The smallest absolute Gasteiger partial charge is 0.237 e. The van der Waals surface area contributed by atoms with E-state index < -0.39 is 0 Å². The summed E-state index contributed by atoms with van der Waals surface area (Å²) in [6.45, 7) is 0. The number of anilines is 2. The van der Waals surface area contributed by atoms with Crippen molar-refractivity contribution in [3.05, 3.63) is 18.2 Å². The van der Waals surface area contributed by atoms with Gasteiger partial charge in [0.05, 0.1) is 30.3 Å². The number of hydrogen-bond acceptors (Lipinski definition) is 4. The van der Waals surface area contributed by atoms with Gasteiger partial charge in [-0.15, -0.1) is 0 Å². The van der Waals surface area contributed by atoms with E-state index >= 15 is 0 Å². The van der Waals surface area contributed by atoms with E-state index in [4.69, 9.17) is 10.5 Å². The lowest BCUT2D eigenvalue weighted by molar-refractivity contribution is -0.122. The van der Waals surface area contributed by atoms with Crippen molar-refractivity contribution in [3.63, 3.8) is 0 Å². The fourth-order valence-corrected chi connectivity index (χ4v) is 3.26. The molecule has 2 fully saturated rings. The van der Waals surface area contributed by atoms with Gasteiger partial charge in [-0.2, -0.15) is 0 Å². The van der Waals surface area contributed by atoms with Crippen LogP contribution in [0.3, 0.4) is 0 Å². The average molecular weight is 274 g/mol. The standard InChI is InChI=1S/C15H18N2O3/c1-20-9-6-7-13(12(16)8-9)17-14(18)10-4-2-3-5-11(10)15(17)19/h6-8,10-11H,2-5,16H2,1H3. The zero-order chi connectivity index (χ0) is 14.3. The number of benzene rings is 1. The summed E-state index contributed by atoms with van der Waals surface area (Å²) in [5, 5.41) is 0. The number of hydrogen-bond donors (Lipinski definition) is 1. The number of ether oxygens (including phenoxy) is 1. The second kappa shape index (κ2) is 4.81. The predicted octanol–water partition coefficient (Wildman–Crippen LogP) is 1.96. The molecule has 1 aliphatic heterocycles. The maximum absolute atomic E-state index is 12.5. The Morgan fingerprint density at radius 1 is 1.15 bits per heavy atom. The molecule has 1 saturated carbocycles. The van der Waals surface area contributed by atoms with Crippen molar-refractivity contribution >= 4 is 23.2 Å². The highest BCUT2D eigenvalue weighted by Gasteiger charge is 2.49. The van der Waals surface area contributed by atoms with Crippen molar-refractivity contribution in [2.75, 3.05) is 17.7 Å². The number of imide groups is 1. The molecular formula is C15H18N2O3. The quantitative estimate of drug-likeness (QED) is 0.661. The predicted molar refractivity (Wildman–Crippen MR) is 75.3 cm³/mol. The van der Waals surface area contributed by atoms with Crippen molar-refractivity contribution < 1.29 is 14.3 Å². The fourth-order valence-electron chi connectivity index (χ4n) is 3.26. The normalized spacial score (nSPS) is 25.8. The second-order valence-corrected chi connectivity index (χ2v) is 5.43. The summed E-state index contributed by atoms with van der Waals surface area (Å²) in [6, 6.07) is 5.04. The van der Waals surface area contributed by atoms with Gasteiger partial charge in [-0.25, -0.2) is 4.90 Å². The highest BCUT2D eigenvalue weighted by atomic mass is 16.5. The third-order valence-electron chi connectivity index (χ3n) is 4.32. The maximum atomic E-state index is 12.5. The third-order valence-corrected chi connectivity index (χ3v) is 4.32. The van der Waals surface area contributed by atoms with Crippen LogP contribution in [0.1, 0.15) is 25.7 Å². The molecular weight excluding hydrogens is 256 g/mol. The number of nitrogen functional groups attached to an aromatic ring is 1. The van der Waals surface area contributed by atoms with Crippen LogP contribution in [0.5, 0.6) is 5.75 Å². The van der Waals surface area contributed by atoms with E-state index in [1.54, 1.807) is 25.3 Å². The van der Waals surface area contributed by atoms with Crippen LogP contribution in [0.2, 0.25) is 0 Å². The number of fused-ring (bicyclic) bond motifs is 1. The van der Waals surface area contributed by atoms with Gasteiger partial charge in [0.1, 0.15) is 5.75 Å². The van der Waals surface area contributed by atoms with Crippen LogP contribution in [0.4, 0.5) is 11.4 Å². The van der Waals surface area contributed by atoms with Gasteiger partial charge in [0.15, 0.2) is 0 Å². The molecule has 2 amide bonds. The molecule has 0 radical (unpaired) electrons. The summed E-state index contributed by atoms with van der Waals surface area (Å²) in [7, 11) is 1.55. The minimum absolute atomic E-state index is 0.100. The Morgan fingerprint density at radius 2 is 1.75 bits per heavy atom. The van der Waals surface area contributed by atoms with Gasteiger partial charge in [-0.05, 0) is 25.0 Å². The average Bonchev–Trinajstić information content (AvgIpc) is 2.72. The molecule has 2 unspecified atom stereocenters. The molecule has 0 aromatic heterocycles. The SMILES string of the molecule is COc1ccc(N2C(=O)C3CCCCC3C2=O)c(N)c1. The maximum Gasteiger partial charge on any atom is 0.237 e. The van der Waals surface area contributed by atoms with Gasteiger partial charge in [0, 0.05) is 6.07 Å². The summed E-state index contributed by atoms with van der Waals surface area (Å²) in [5.41, 5.74) is 6.84. The Labute approximate surface area is 117 Å². The van der Waals surface area contributed by atoms with Crippen LogP contribution in [0, 0.1) is 11.8 Å². The molecule has 0 spiro atoms. The highest BCUT2D eigenvalue weighted by Crippen LogP contribution is 2.41. The molecule has 5 nitrogen and oxygen atoms in total. The van der Waals surface area contributed by atoms with Gasteiger partial charge in [0.25, 0.3) is 0 Å². The number of amides is 2. The molecule has 2 atom stereocenters. The fraction of sp³-hybridized carbons (Fsp3) is 0.467. The van der Waals surface area contributed by atoms with E-state index in [0.29, 0.717) is 17.1 Å². The molecule has 1 aliphatic carbocycles. The molecule has 3 rings (SSSR count). The lowest BCUT2D eigenvalue weighted by atomic mass is 9.81. The number of carbonyl (C=O) groups excluding carboxylic acids is 2. The Hall–Kier alpha value is -2.04. The lowest BCUT2D eigenvalue weighted by Crippen LogP contribution is -2.31. The topological polar surface area (TPSA) is 72.6 Å². The largest absolute Gasteiger partial charge is 0.497 e. The van der Waals surface area contributed by atoms with E-state index in [2.05, 4.69) is 0 Å². The van der Waals surface area contributed by atoms with Crippen molar-refractivity contribution in [2.24, 2.45) is 11.8 Å². The summed E-state index contributed by atoms with van der Waals surface area (Å²) in [6.07, 6.45) is 3.65. The minimum atomic E-state index is -0.155. The van der Waals surface area contributed by atoms with Crippen LogP contribution < -0.4 is 15.4 Å². The molecule has 2 aliphatic rings. The van der Waals surface area contributed by atoms with Crippen LogP contribution in [0.25, 0.3) is 0 Å². The zero-order valence-corrected chi connectivity index (χ0v) is 11.5. The van der Waals surface area contributed by atoms with Crippen molar-refractivity contribution in [1.82, 2.24) is 0 Å². The van der Waals surface area contributed by atoms with Crippen LogP contribution in [-0.4, -0.2) is 18.9 Å². The van der Waals surface area contributed by atoms with Gasteiger partial charge in [-0.3, -0.25) is 9.59 Å². The van der Waals surface area contributed by atoms with E-state index in [-0.39, 0.29) is 23.7 Å². The number of carbonyl (C=O) groups is 2. The molecule has 106 valence electrons. The van der Waals surface area contributed by atoms with Gasteiger partial charge in [-0.1, -0.05) is 12.8 Å². The van der Waals surface area contributed by atoms with E-state index in [1.165, 1.54) is 4.90 Å². The zero-order valence-electron chi connectivity index (χ0n) is 11.5. The summed E-state index contributed by atoms with van der Waals surface area (Å²) in [4.78, 5) is 26.2. The molecule has 0 bridgehead atoms. The Kier molecular flexibility index (Phi) is 3.12. The van der Waals surface area contributed by atoms with E-state index in [1.807, 2.05) is 0 Å². The first-order valence-electron chi connectivity index (χ1n) is 6.95. The number of nitrogens with two attached hydrogens (primary N) is 1. The first-order chi connectivity index (χ1) is 9.63. The van der Waals surface area contributed by atoms with E-state index in [9.17, 15) is 9.59 Å². The van der Waals surface area contributed by atoms with Crippen LogP contribution in [-0.2, 0) is 9.59 Å². The Bertz CT molecular complexity index is 546. The van der Waals surface area contributed by atoms with Crippen LogP contribution >= 0.6 is 0 Å². The summed E-state index contributed by atoms with van der Waals surface area (Å²) < 4.78 is 5.09. The van der Waals surface area contributed by atoms with Gasteiger partial charge in [0.2, 0.25) is 11.8 Å². The van der Waals surface area contributed by atoms with Crippen molar-refractivity contribution in [1.29, 1.82) is 0 Å². The van der Waals surface area contributed by atoms with Gasteiger partial charge < -0.3 is 10.5 Å². The second-order valence-electron chi connectivity index (χ2n) is 5.43. The Balaban J connectivity index is 1.97. The molecule has 1 aromatic carbocycles. The molecule has 1 aromatic rings. The molecule has 1 saturated heterocycles. The van der Waals surface area contributed by atoms with Crippen LogP contribution in [0.15, 0.2) is 18.2 Å². The molecule has 20 heavy (non-hydrogen) atoms.